The minimum atomic E-state index is -4.81. The van der Waals surface area contributed by atoms with E-state index in [2.05, 4.69) is 15.4 Å². The third-order valence-corrected chi connectivity index (χ3v) is 5.62. The summed E-state index contributed by atoms with van der Waals surface area (Å²) in [5.74, 6) is 0.242. The molecule has 33 heavy (non-hydrogen) atoms. The fourth-order valence-electron chi connectivity index (χ4n) is 3.98. The minimum Gasteiger partial charge on any atom is -0.485 e. The van der Waals surface area contributed by atoms with Crippen LogP contribution in [0.2, 0.25) is 0 Å². The molecule has 2 N–H and O–H groups in total. The van der Waals surface area contributed by atoms with Crippen LogP contribution in [-0.4, -0.2) is 17.9 Å². The molecule has 5 nitrogen and oxygen atoms in total. The third kappa shape index (κ3) is 5.72. The fraction of sp³-hybridized carbons (Fsp3) is 0.480. The molecule has 8 heteroatoms. The second-order valence-corrected chi connectivity index (χ2v) is 10.2. The molecule has 180 valence electrons. The van der Waals surface area contributed by atoms with E-state index in [4.69, 9.17) is 4.74 Å². The van der Waals surface area contributed by atoms with Gasteiger partial charge in [0.2, 0.25) is 5.91 Å². The highest BCUT2D eigenvalue weighted by atomic mass is 19.4. The molecular weight excluding hydrogens is 433 g/mol. The maximum absolute atomic E-state index is 12.9. The Morgan fingerprint density at radius 2 is 1.73 bits per heavy atom. The van der Waals surface area contributed by atoms with Gasteiger partial charge >= 0.3 is 6.36 Å². The monoisotopic (exact) mass is 464 g/mol. The number of alkyl halides is 3. The number of halogens is 3. The number of nitrogens with one attached hydrogen (secondary N) is 2. The van der Waals surface area contributed by atoms with Crippen molar-refractivity contribution in [1.82, 2.24) is 0 Å². The highest BCUT2D eigenvalue weighted by molar-refractivity contribution is 5.92. The van der Waals surface area contributed by atoms with E-state index in [-0.39, 0.29) is 22.8 Å². The Morgan fingerprint density at radius 3 is 2.33 bits per heavy atom. The van der Waals surface area contributed by atoms with Crippen LogP contribution in [0.25, 0.3) is 0 Å². The number of hydrogen-bond acceptors (Lipinski definition) is 4. The molecule has 0 spiro atoms. The van der Waals surface area contributed by atoms with Gasteiger partial charge in [0.1, 0.15) is 11.4 Å². The van der Waals surface area contributed by atoms with Crippen LogP contribution in [0, 0.1) is 19.3 Å². The SMILES string of the molecule is Cc1c(NC(=O)CC(C)(C)C)cc2c(c1C)OC(C)(C)C2Nc1ccccc1OC(F)(F)F. The highest BCUT2D eigenvalue weighted by Crippen LogP contribution is 2.49. The van der Waals surface area contributed by atoms with E-state index >= 15 is 0 Å². The first-order valence-electron chi connectivity index (χ1n) is 10.8. The average molecular weight is 465 g/mol. The van der Waals surface area contributed by atoms with Crippen molar-refractivity contribution in [3.8, 4) is 11.5 Å². The summed E-state index contributed by atoms with van der Waals surface area (Å²) in [6, 6.07) is 7.27. The van der Waals surface area contributed by atoms with E-state index < -0.39 is 18.0 Å². The first-order chi connectivity index (χ1) is 15.1. The van der Waals surface area contributed by atoms with E-state index in [0.29, 0.717) is 17.9 Å². The molecule has 1 heterocycles. The predicted molar refractivity (Wildman–Crippen MR) is 123 cm³/mol. The Hall–Kier alpha value is -2.90. The van der Waals surface area contributed by atoms with Crippen molar-refractivity contribution in [2.45, 2.75) is 72.9 Å². The molecule has 1 atom stereocenters. The second-order valence-electron chi connectivity index (χ2n) is 10.2. The number of para-hydroxylation sites is 2. The lowest BCUT2D eigenvalue weighted by Crippen LogP contribution is -2.35. The van der Waals surface area contributed by atoms with Crippen LogP contribution in [0.3, 0.4) is 0 Å². The maximum Gasteiger partial charge on any atom is 0.573 e. The fourth-order valence-corrected chi connectivity index (χ4v) is 3.98. The maximum atomic E-state index is 12.9. The molecule has 2 aromatic carbocycles. The smallest absolute Gasteiger partial charge is 0.485 e. The molecule has 0 saturated heterocycles. The number of benzene rings is 2. The van der Waals surface area contributed by atoms with Gasteiger partial charge in [0.05, 0.1) is 11.7 Å². The Bertz CT molecular complexity index is 1060. The van der Waals surface area contributed by atoms with Crippen molar-refractivity contribution in [3.63, 3.8) is 0 Å². The molecule has 0 aliphatic carbocycles. The molecular formula is C25H31F3N2O3. The topological polar surface area (TPSA) is 59.6 Å². The summed E-state index contributed by atoms with van der Waals surface area (Å²) < 4.78 is 49.1. The summed E-state index contributed by atoms with van der Waals surface area (Å²) in [5, 5.41) is 6.18. The van der Waals surface area contributed by atoms with Crippen LogP contribution in [0.5, 0.6) is 11.5 Å². The lowest BCUT2D eigenvalue weighted by molar-refractivity contribution is -0.274. The van der Waals surface area contributed by atoms with Gasteiger partial charge in [0, 0.05) is 17.7 Å². The van der Waals surface area contributed by atoms with Gasteiger partial charge in [-0.3, -0.25) is 4.79 Å². The minimum absolute atomic E-state index is 0.100. The standard InChI is InChI=1S/C25H31F3N2O3/c1-14-15(2)21-16(12-18(14)29-20(31)13-23(3,4)5)22(24(6,7)33-21)30-17-10-8-9-11-19(17)32-25(26,27)28/h8-12,22,30H,13H2,1-7H3,(H,29,31). The summed E-state index contributed by atoms with van der Waals surface area (Å²) in [7, 11) is 0. The number of ether oxygens (including phenoxy) is 2. The number of carbonyl (C=O) groups is 1. The Labute approximate surface area is 192 Å². The first-order valence-corrected chi connectivity index (χ1v) is 10.8. The van der Waals surface area contributed by atoms with Crippen molar-refractivity contribution in [1.29, 1.82) is 0 Å². The Kier molecular flexibility index (Phi) is 6.35. The van der Waals surface area contributed by atoms with Gasteiger partial charge < -0.3 is 20.1 Å². The molecule has 0 saturated carbocycles. The third-order valence-electron chi connectivity index (χ3n) is 5.62. The van der Waals surface area contributed by atoms with Crippen molar-refractivity contribution in [2.24, 2.45) is 5.41 Å². The van der Waals surface area contributed by atoms with Crippen LogP contribution in [0.15, 0.2) is 30.3 Å². The molecule has 1 amide bonds. The molecule has 0 fully saturated rings. The van der Waals surface area contributed by atoms with Gasteiger partial charge in [-0.25, -0.2) is 0 Å². The van der Waals surface area contributed by atoms with Gasteiger partial charge in [0.25, 0.3) is 0 Å². The normalized spacial score (nSPS) is 17.2. The lowest BCUT2D eigenvalue weighted by Gasteiger charge is -2.29. The van der Waals surface area contributed by atoms with E-state index in [1.165, 1.54) is 18.2 Å². The molecule has 2 aromatic rings. The van der Waals surface area contributed by atoms with Crippen molar-refractivity contribution >= 4 is 17.3 Å². The van der Waals surface area contributed by atoms with E-state index in [1.807, 2.05) is 54.5 Å². The zero-order valence-electron chi connectivity index (χ0n) is 20.0. The number of hydrogen-bond donors (Lipinski definition) is 2. The van der Waals surface area contributed by atoms with Gasteiger partial charge in [-0.1, -0.05) is 32.9 Å². The van der Waals surface area contributed by atoms with Crippen molar-refractivity contribution in [2.75, 3.05) is 10.6 Å². The van der Waals surface area contributed by atoms with Crippen molar-refractivity contribution in [3.05, 3.63) is 47.0 Å². The largest absolute Gasteiger partial charge is 0.573 e. The van der Waals surface area contributed by atoms with Crippen LogP contribution in [0.4, 0.5) is 24.5 Å². The van der Waals surface area contributed by atoms with Crippen LogP contribution in [0.1, 0.15) is 63.8 Å². The van der Waals surface area contributed by atoms with Crippen LogP contribution in [-0.2, 0) is 4.79 Å². The molecule has 1 unspecified atom stereocenters. The van der Waals surface area contributed by atoms with Gasteiger partial charge in [-0.15, -0.1) is 13.2 Å². The van der Waals surface area contributed by atoms with E-state index in [1.54, 1.807) is 6.07 Å². The van der Waals surface area contributed by atoms with Crippen LogP contribution < -0.4 is 20.1 Å². The average Bonchev–Trinajstić information content (AvgIpc) is 2.89. The highest BCUT2D eigenvalue weighted by Gasteiger charge is 2.43. The molecule has 0 bridgehead atoms. The Balaban J connectivity index is 1.99. The molecule has 3 rings (SSSR count). The zero-order valence-corrected chi connectivity index (χ0v) is 20.0. The van der Waals surface area contributed by atoms with Crippen molar-refractivity contribution < 1.29 is 27.4 Å². The number of rotatable bonds is 5. The second kappa shape index (κ2) is 8.47. The van der Waals surface area contributed by atoms with E-state index in [9.17, 15) is 18.0 Å². The molecule has 1 aliphatic heterocycles. The number of carbonyl (C=O) groups excluding carboxylic acids is 1. The van der Waals surface area contributed by atoms with Gasteiger partial charge in [-0.05, 0) is 62.4 Å². The summed E-state index contributed by atoms with van der Waals surface area (Å²) in [6.45, 7) is 13.5. The number of anilines is 2. The summed E-state index contributed by atoms with van der Waals surface area (Å²) in [4.78, 5) is 12.6. The molecule has 0 radical (unpaired) electrons. The molecule has 1 aliphatic rings. The number of amides is 1. The summed E-state index contributed by atoms with van der Waals surface area (Å²) >= 11 is 0. The predicted octanol–water partition coefficient (Wildman–Crippen LogP) is 6.90. The van der Waals surface area contributed by atoms with Gasteiger partial charge in [-0.2, -0.15) is 0 Å². The quantitative estimate of drug-likeness (QED) is 0.505. The van der Waals surface area contributed by atoms with Crippen LogP contribution >= 0.6 is 0 Å². The Morgan fingerprint density at radius 1 is 1.09 bits per heavy atom. The summed E-state index contributed by atoms with van der Waals surface area (Å²) in [5.41, 5.74) is 2.44. The summed E-state index contributed by atoms with van der Waals surface area (Å²) in [6.07, 6.45) is -4.45. The zero-order chi connectivity index (χ0) is 24.8. The lowest BCUT2D eigenvalue weighted by atomic mass is 9.90. The first kappa shape index (κ1) is 24.7. The number of fused-ring (bicyclic) bond motifs is 1. The van der Waals surface area contributed by atoms with Gasteiger partial charge in [0.15, 0.2) is 5.75 Å². The molecule has 0 aromatic heterocycles. The van der Waals surface area contributed by atoms with E-state index in [0.717, 1.165) is 16.7 Å².